The van der Waals surface area contributed by atoms with Gasteiger partial charge in [-0.05, 0) is 36.8 Å². The zero-order valence-electron chi connectivity index (χ0n) is 14.7. The van der Waals surface area contributed by atoms with Crippen molar-refractivity contribution >= 4 is 29.3 Å². The minimum absolute atomic E-state index is 0.223. The number of rotatable bonds is 3. The molecule has 3 atom stereocenters. The number of benzene rings is 2. The zero-order chi connectivity index (χ0) is 19.0. The van der Waals surface area contributed by atoms with Crippen LogP contribution < -0.4 is 5.06 Å². The number of hydroxylamine groups is 1. The highest BCUT2D eigenvalue weighted by Crippen LogP contribution is 2.43. The number of hydrogen-bond donors (Lipinski definition) is 0. The molecule has 0 aromatic heterocycles. The lowest BCUT2D eigenvalue weighted by Gasteiger charge is -2.28. The molecule has 6 nitrogen and oxygen atoms in total. The average Bonchev–Trinajstić information content (AvgIpc) is 3.26. The molecule has 2 aromatic rings. The van der Waals surface area contributed by atoms with Crippen molar-refractivity contribution < 1.29 is 19.2 Å². The van der Waals surface area contributed by atoms with Gasteiger partial charge < -0.3 is 4.74 Å². The SMILES string of the molecule is C[C@H]1ON(c2ccccc2)[C@@H](c2ccc(Cl)cc2)[C@@H]1C(=O)N1CCOC1=O. The van der Waals surface area contributed by atoms with E-state index in [4.69, 9.17) is 21.2 Å². The summed E-state index contributed by atoms with van der Waals surface area (Å²) >= 11 is 6.04. The maximum absolute atomic E-state index is 13.2. The van der Waals surface area contributed by atoms with Gasteiger partial charge in [0.2, 0.25) is 5.91 Å². The molecule has 2 fully saturated rings. The molecule has 0 saturated carbocycles. The van der Waals surface area contributed by atoms with Gasteiger partial charge in [-0.15, -0.1) is 0 Å². The van der Waals surface area contributed by atoms with Gasteiger partial charge in [0, 0.05) is 5.02 Å². The normalized spacial score (nSPS) is 25.0. The molecule has 0 N–H and O–H groups in total. The van der Waals surface area contributed by atoms with Crippen molar-refractivity contribution in [3.05, 3.63) is 65.2 Å². The molecule has 0 radical (unpaired) electrons. The Hall–Kier alpha value is -2.57. The number of imide groups is 1. The highest BCUT2D eigenvalue weighted by atomic mass is 35.5. The summed E-state index contributed by atoms with van der Waals surface area (Å²) in [6.07, 6.45) is -1.01. The van der Waals surface area contributed by atoms with E-state index in [1.165, 1.54) is 4.90 Å². The summed E-state index contributed by atoms with van der Waals surface area (Å²) in [4.78, 5) is 32.4. The van der Waals surface area contributed by atoms with Crippen LogP contribution in [0.4, 0.5) is 10.5 Å². The van der Waals surface area contributed by atoms with Crippen molar-refractivity contribution in [2.24, 2.45) is 5.92 Å². The molecule has 2 aliphatic heterocycles. The van der Waals surface area contributed by atoms with Crippen LogP contribution in [0, 0.1) is 5.92 Å². The number of anilines is 1. The second-order valence-electron chi connectivity index (χ2n) is 6.60. The van der Waals surface area contributed by atoms with Gasteiger partial charge in [0.1, 0.15) is 6.61 Å². The van der Waals surface area contributed by atoms with Crippen LogP contribution in [0.2, 0.25) is 5.02 Å². The van der Waals surface area contributed by atoms with E-state index in [1.54, 1.807) is 17.2 Å². The molecule has 2 aliphatic rings. The van der Waals surface area contributed by atoms with Crippen LogP contribution in [0.25, 0.3) is 0 Å². The van der Waals surface area contributed by atoms with Crippen molar-refractivity contribution in [3.63, 3.8) is 0 Å². The van der Waals surface area contributed by atoms with Gasteiger partial charge in [-0.1, -0.05) is 41.9 Å². The standard InChI is InChI=1S/C20H19ClN2O4/c1-13-17(19(24)22-11-12-26-20(22)25)18(14-7-9-15(21)10-8-14)23(27-13)16-5-3-2-4-6-16/h2-10,13,17-18H,11-12H2,1H3/t13-,17-,18+/m1/s1. The first-order valence-electron chi connectivity index (χ1n) is 8.81. The first-order valence-corrected chi connectivity index (χ1v) is 9.18. The topological polar surface area (TPSA) is 59.1 Å². The summed E-state index contributed by atoms with van der Waals surface area (Å²) in [6.45, 7) is 2.33. The third kappa shape index (κ3) is 3.26. The number of amides is 2. The highest BCUT2D eigenvalue weighted by molar-refractivity contribution is 6.30. The first kappa shape index (κ1) is 17.8. The summed E-state index contributed by atoms with van der Waals surface area (Å²) in [5, 5.41) is 2.36. The maximum atomic E-state index is 13.2. The van der Waals surface area contributed by atoms with Crippen LogP contribution in [-0.4, -0.2) is 36.2 Å². The Labute approximate surface area is 162 Å². The number of para-hydroxylation sites is 1. The van der Waals surface area contributed by atoms with Gasteiger partial charge >= 0.3 is 6.09 Å². The lowest BCUT2D eigenvalue weighted by molar-refractivity contribution is -0.133. The van der Waals surface area contributed by atoms with E-state index in [9.17, 15) is 9.59 Å². The molecular weight excluding hydrogens is 368 g/mol. The summed E-state index contributed by atoms with van der Waals surface area (Å²) < 4.78 is 4.94. The molecular formula is C20H19ClN2O4. The van der Waals surface area contributed by atoms with Crippen LogP contribution >= 0.6 is 11.6 Å². The van der Waals surface area contributed by atoms with E-state index >= 15 is 0 Å². The van der Waals surface area contributed by atoms with Gasteiger partial charge in [-0.2, -0.15) is 0 Å². The molecule has 27 heavy (non-hydrogen) atoms. The summed E-state index contributed by atoms with van der Waals surface area (Å²) in [5.74, 6) is -0.847. The van der Waals surface area contributed by atoms with Crippen LogP contribution in [0.3, 0.4) is 0 Å². The predicted molar refractivity (Wildman–Crippen MR) is 100 cm³/mol. The van der Waals surface area contributed by atoms with Crippen molar-refractivity contribution in [2.75, 3.05) is 18.2 Å². The fraction of sp³-hybridized carbons (Fsp3) is 0.300. The molecule has 2 aromatic carbocycles. The summed E-state index contributed by atoms with van der Waals surface area (Å²) in [7, 11) is 0. The molecule has 2 heterocycles. The lowest BCUT2D eigenvalue weighted by atomic mass is 9.88. The molecule has 4 rings (SSSR count). The van der Waals surface area contributed by atoms with Crippen molar-refractivity contribution in [1.82, 2.24) is 4.90 Å². The molecule has 0 spiro atoms. The molecule has 2 amide bonds. The summed E-state index contributed by atoms with van der Waals surface area (Å²) in [5.41, 5.74) is 1.72. The third-order valence-corrected chi connectivity index (χ3v) is 5.16. The fourth-order valence-electron chi connectivity index (χ4n) is 3.62. The van der Waals surface area contributed by atoms with E-state index < -0.39 is 18.1 Å². The smallest absolute Gasteiger partial charge is 0.416 e. The Bertz CT molecular complexity index is 843. The van der Waals surface area contributed by atoms with Crippen LogP contribution in [-0.2, 0) is 14.4 Å². The molecule has 2 saturated heterocycles. The molecule has 140 valence electrons. The van der Waals surface area contributed by atoms with Gasteiger partial charge in [0.25, 0.3) is 0 Å². The maximum Gasteiger partial charge on any atom is 0.416 e. The van der Waals surface area contributed by atoms with E-state index in [1.807, 2.05) is 49.4 Å². The van der Waals surface area contributed by atoms with Crippen molar-refractivity contribution in [2.45, 2.75) is 19.1 Å². The number of hydrogen-bond acceptors (Lipinski definition) is 5. The molecule has 0 aliphatic carbocycles. The first-order chi connectivity index (χ1) is 13.1. The number of halogens is 1. The van der Waals surface area contributed by atoms with Gasteiger partial charge in [0.15, 0.2) is 0 Å². The van der Waals surface area contributed by atoms with Crippen LogP contribution in [0.1, 0.15) is 18.5 Å². The Morgan fingerprint density at radius 2 is 1.81 bits per heavy atom. The van der Waals surface area contributed by atoms with Gasteiger partial charge in [-0.25, -0.2) is 14.8 Å². The number of carbonyl (C=O) groups excluding carboxylic acids is 2. The zero-order valence-corrected chi connectivity index (χ0v) is 15.5. The fourth-order valence-corrected chi connectivity index (χ4v) is 3.75. The number of cyclic esters (lactones) is 1. The Morgan fingerprint density at radius 1 is 1.11 bits per heavy atom. The van der Waals surface area contributed by atoms with E-state index in [2.05, 4.69) is 0 Å². The molecule has 7 heteroatoms. The quantitative estimate of drug-likeness (QED) is 0.802. The second-order valence-corrected chi connectivity index (χ2v) is 7.03. The third-order valence-electron chi connectivity index (χ3n) is 4.91. The van der Waals surface area contributed by atoms with E-state index in [0.29, 0.717) is 5.02 Å². The molecule has 0 bridgehead atoms. The van der Waals surface area contributed by atoms with Crippen LogP contribution in [0.15, 0.2) is 54.6 Å². The monoisotopic (exact) mass is 386 g/mol. The lowest BCUT2D eigenvalue weighted by Crippen LogP contribution is -2.41. The Morgan fingerprint density at radius 3 is 2.44 bits per heavy atom. The van der Waals surface area contributed by atoms with E-state index in [-0.39, 0.29) is 25.1 Å². The van der Waals surface area contributed by atoms with E-state index in [0.717, 1.165) is 11.3 Å². The van der Waals surface area contributed by atoms with Crippen LogP contribution in [0.5, 0.6) is 0 Å². The Balaban J connectivity index is 1.75. The largest absolute Gasteiger partial charge is 0.447 e. The Kier molecular flexibility index (Phi) is 4.76. The minimum atomic E-state index is -0.597. The predicted octanol–water partition coefficient (Wildman–Crippen LogP) is 3.82. The number of carbonyl (C=O) groups is 2. The van der Waals surface area contributed by atoms with Gasteiger partial charge in [0.05, 0.1) is 30.3 Å². The van der Waals surface area contributed by atoms with Gasteiger partial charge in [-0.3, -0.25) is 9.63 Å². The summed E-state index contributed by atoms with van der Waals surface area (Å²) in [6, 6.07) is 16.5. The number of ether oxygens (including phenoxy) is 1. The number of nitrogens with zero attached hydrogens (tertiary/aromatic N) is 2. The van der Waals surface area contributed by atoms with Crippen molar-refractivity contribution in [3.8, 4) is 0 Å². The second kappa shape index (κ2) is 7.21. The highest BCUT2D eigenvalue weighted by Gasteiger charge is 2.49. The molecule has 0 unspecified atom stereocenters. The van der Waals surface area contributed by atoms with Crippen molar-refractivity contribution in [1.29, 1.82) is 0 Å². The average molecular weight is 387 g/mol. The minimum Gasteiger partial charge on any atom is -0.447 e.